The van der Waals surface area contributed by atoms with E-state index in [1.54, 1.807) is 0 Å². The Morgan fingerprint density at radius 1 is 1.29 bits per heavy atom. The first-order chi connectivity index (χ1) is 10.1. The molecule has 1 aliphatic carbocycles. The number of hydrogen-bond acceptors (Lipinski definition) is 3. The van der Waals surface area contributed by atoms with Crippen LogP contribution in [0.15, 0.2) is 18.2 Å². The number of hydrogen-bond donors (Lipinski definition) is 2. The fourth-order valence-corrected chi connectivity index (χ4v) is 2.45. The van der Waals surface area contributed by atoms with Gasteiger partial charge in [-0.1, -0.05) is 19.3 Å². The van der Waals surface area contributed by atoms with Crippen LogP contribution in [0.3, 0.4) is 0 Å². The molecule has 2 N–H and O–H groups in total. The predicted molar refractivity (Wildman–Crippen MR) is 73.9 cm³/mol. The molecule has 0 radical (unpaired) electrons. The van der Waals surface area contributed by atoms with Gasteiger partial charge in [-0.3, -0.25) is 4.79 Å². The lowest BCUT2D eigenvalue weighted by Crippen LogP contribution is -2.39. The second-order valence-electron chi connectivity index (χ2n) is 5.14. The number of carbonyl (C=O) groups excluding carboxylic acids is 1. The largest absolute Gasteiger partial charge is 0.483 e. The van der Waals surface area contributed by atoms with Crippen molar-refractivity contribution in [3.8, 4) is 5.75 Å². The molecule has 5 nitrogen and oxygen atoms in total. The summed E-state index contributed by atoms with van der Waals surface area (Å²) in [4.78, 5) is 22.8. The molecule has 6 heteroatoms. The van der Waals surface area contributed by atoms with Crippen molar-refractivity contribution in [3.63, 3.8) is 0 Å². The van der Waals surface area contributed by atoms with Crippen LogP contribution in [0, 0.1) is 5.82 Å². The van der Waals surface area contributed by atoms with E-state index >= 15 is 0 Å². The molecule has 0 aromatic heterocycles. The molecule has 0 saturated heterocycles. The van der Waals surface area contributed by atoms with Crippen molar-refractivity contribution in [3.05, 3.63) is 29.6 Å². The van der Waals surface area contributed by atoms with Gasteiger partial charge in [-0.2, -0.15) is 0 Å². The number of aromatic carboxylic acids is 1. The van der Waals surface area contributed by atoms with E-state index in [1.165, 1.54) is 6.42 Å². The van der Waals surface area contributed by atoms with Crippen molar-refractivity contribution in [2.24, 2.45) is 0 Å². The zero-order chi connectivity index (χ0) is 15.2. The SMILES string of the molecule is O=C(COc1cc(F)ccc1C(=O)O)NC1CCCCC1. The van der Waals surface area contributed by atoms with Gasteiger partial charge in [0, 0.05) is 12.1 Å². The normalized spacial score (nSPS) is 15.5. The van der Waals surface area contributed by atoms with Gasteiger partial charge in [-0.15, -0.1) is 0 Å². The summed E-state index contributed by atoms with van der Waals surface area (Å²) in [5, 5.41) is 11.8. The van der Waals surface area contributed by atoms with Gasteiger partial charge in [0.05, 0.1) is 0 Å². The third kappa shape index (κ3) is 4.44. The van der Waals surface area contributed by atoms with E-state index in [0.29, 0.717) is 0 Å². The van der Waals surface area contributed by atoms with Crippen molar-refractivity contribution in [2.45, 2.75) is 38.1 Å². The quantitative estimate of drug-likeness (QED) is 0.874. The predicted octanol–water partition coefficient (Wildman–Crippen LogP) is 2.35. The number of carbonyl (C=O) groups is 2. The Labute approximate surface area is 122 Å². The first-order valence-electron chi connectivity index (χ1n) is 7.01. The van der Waals surface area contributed by atoms with Gasteiger partial charge in [0.25, 0.3) is 5.91 Å². The van der Waals surface area contributed by atoms with Crippen LogP contribution in [-0.4, -0.2) is 29.6 Å². The Morgan fingerprint density at radius 3 is 2.67 bits per heavy atom. The molecule has 0 heterocycles. The lowest BCUT2D eigenvalue weighted by atomic mass is 9.95. The van der Waals surface area contributed by atoms with Gasteiger partial charge in [0.2, 0.25) is 0 Å². The highest BCUT2D eigenvalue weighted by Gasteiger charge is 2.17. The highest BCUT2D eigenvalue weighted by Crippen LogP contribution is 2.20. The third-order valence-corrected chi connectivity index (χ3v) is 3.50. The fraction of sp³-hybridized carbons (Fsp3) is 0.467. The van der Waals surface area contributed by atoms with E-state index in [2.05, 4.69) is 5.32 Å². The Kier molecular flexibility index (Phi) is 5.14. The van der Waals surface area contributed by atoms with E-state index in [-0.39, 0.29) is 29.9 Å². The van der Waals surface area contributed by atoms with Gasteiger partial charge in [-0.25, -0.2) is 9.18 Å². The third-order valence-electron chi connectivity index (χ3n) is 3.50. The number of ether oxygens (including phenoxy) is 1. The first-order valence-corrected chi connectivity index (χ1v) is 7.01. The standard InChI is InChI=1S/C15H18FNO4/c16-10-6-7-12(15(19)20)13(8-10)21-9-14(18)17-11-4-2-1-3-5-11/h6-8,11H,1-5,9H2,(H,17,18)(H,19,20). The van der Waals surface area contributed by atoms with Gasteiger partial charge in [0.15, 0.2) is 6.61 Å². The van der Waals surface area contributed by atoms with Gasteiger partial charge in [-0.05, 0) is 25.0 Å². The molecule has 0 aliphatic heterocycles. The second kappa shape index (κ2) is 7.06. The molecule has 1 fully saturated rings. The fourth-order valence-electron chi connectivity index (χ4n) is 2.45. The van der Waals surface area contributed by atoms with Crippen LogP contribution < -0.4 is 10.1 Å². The number of halogens is 1. The maximum atomic E-state index is 13.1. The van der Waals surface area contributed by atoms with E-state index in [1.807, 2.05) is 0 Å². The maximum Gasteiger partial charge on any atom is 0.339 e. The molecule has 1 aliphatic rings. The summed E-state index contributed by atoms with van der Waals surface area (Å²) in [6.45, 7) is -0.319. The van der Waals surface area contributed by atoms with Crippen LogP contribution in [0.25, 0.3) is 0 Å². The molecule has 1 saturated carbocycles. The van der Waals surface area contributed by atoms with E-state index in [0.717, 1.165) is 43.9 Å². The average Bonchev–Trinajstić information content (AvgIpc) is 2.46. The monoisotopic (exact) mass is 295 g/mol. The van der Waals surface area contributed by atoms with E-state index < -0.39 is 11.8 Å². The molecule has 1 aromatic rings. The van der Waals surface area contributed by atoms with Crippen LogP contribution in [0.5, 0.6) is 5.75 Å². The summed E-state index contributed by atoms with van der Waals surface area (Å²) in [7, 11) is 0. The zero-order valence-corrected chi connectivity index (χ0v) is 11.6. The maximum absolute atomic E-state index is 13.1. The summed E-state index contributed by atoms with van der Waals surface area (Å²) < 4.78 is 18.3. The molecule has 0 bridgehead atoms. The highest BCUT2D eigenvalue weighted by molar-refractivity contribution is 5.91. The molecule has 2 rings (SSSR count). The van der Waals surface area contributed by atoms with Crippen molar-refractivity contribution in [1.82, 2.24) is 5.32 Å². The van der Waals surface area contributed by atoms with E-state index in [4.69, 9.17) is 9.84 Å². The smallest absolute Gasteiger partial charge is 0.339 e. The summed E-state index contributed by atoms with van der Waals surface area (Å²) in [6.07, 6.45) is 5.28. The molecule has 114 valence electrons. The Balaban J connectivity index is 1.91. The molecular formula is C15H18FNO4. The number of carboxylic acid groups (broad SMARTS) is 1. The van der Waals surface area contributed by atoms with Gasteiger partial charge < -0.3 is 15.2 Å². The first kappa shape index (κ1) is 15.3. The number of nitrogens with one attached hydrogen (secondary N) is 1. The Bertz CT molecular complexity index is 526. The summed E-state index contributed by atoms with van der Waals surface area (Å²) in [5.41, 5.74) is -0.165. The Morgan fingerprint density at radius 2 is 2.00 bits per heavy atom. The number of carboxylic acids is 1. The minimum Gasteiger partial charge on any atom is -0.483 e. The molecular weight excluding hydrogens is 277 g/mol. The molecule has 0 atom stereocenters. The number of benzene rings is 1. The van der Waals surface area contributed by atoms with E-state index in [9.17, 15) is 14.0 Å². The summed E-state index contributed by atoms with van der Waals surface area (Å²) >= 11 is 0. The molecule has 0 spiro atoms. The van der Waals surface area contributed by atoms with Crippen LogP contribution in [-0.2, 0) is 4.79 Å². The van der Waals surface area contributed by atoms with Crippen LogP contribution in [0.2, 0.25) is 0 Å². The molecule has 0 unspecified atom stereocenters. The summed E-state index contributed by atoms with van der Waals surface area (Å²) in [5.74, 6) is -2.29. The lowest BCUT2D eigenvalue weighted by Gasteiger charge is -2.22. The van der Waals surface area contributed by atoms with Gasteiger partial charge >= 0.3 is 5.97 Å². The lowest BCUT2D eigenvalue weighted by molar-refractivity contribution is -0.124. The number of amides is 1. The molecule has 1 aromatic carbocycles. The van der Waals surface area contributed by atoms with Crippen molar-refractivity contribution >= 4 is 11.9 Å². The van der Waals surface area contributed by atoms with Crippen molar-refractivity contribution in [2.75, 3.05) is 6.61 Å². The van der Waals surface area contributed by atoms with Crippen molar-refractivity contribution < 1.29 is 23.8 Å². The topological polar surface area (TPSA) is 75.6 Å². The van der Waals surface area contributed by atoms with Gasteiger partial charge in [0.1, 0.15) is 17.1 Å². The average molecular weight is 295 g/mol. The highest BCUT2D eigenvalue weighted by atomic mass is 19.1. The minimum atomic E-state index is -1.22. The van der Waals surface area contributed by atoms with Crippen molar-refractivity contribution in [1.29, 1.82) is 0 Å². The zero-order valence-electron chi connectivity index (χ0n) is 11.6. The Hall–Kier alpha value is -2.11. The molecule has 1 amide bonds. The summed E-state index contributed by atoms with van der Waals surface area (Å²) in [6, 6.07) is 3.28. The second-order valence-corrected chi connectivity index (χ2v) is 5.14. The molecule has 21 heavy (non-hydrogen) atoms. The van der Waals surface area contributed by atoms with Crippen LogP contribution >= 0.6 is 0 Å². The minimum absolute atomic E-state index is 0.138. The number of rotatable bonds is 5. The van der Waals surface area contributed by atoms with Crippen LogP contribution in [0.1, 0.15) is 42.5 Å². The van der Waals surface area contributed by atoms with Crippen LogP contribution in [0.4, 0.5) is 4.39 Å².